The Kier molecular flexibility index (Phi) is 2.22. The lowest BCUT2D eigenvalue weighted by molar-refractivity contribution is 0.800. The van der Waals surface area contributed by atoms with E-state index < -0.39 is 0 Å². The van der Waals surface area contributed by atoms with Crippen molar-refractivity contribution in [3.05, 3.63) is 34.2 Å². The molecule has 1 atom stereocenters. The number of aryl methyl sites for hydroxylation is 1. The number of benzene rings is 1. The minimum absolute atomic E-state index is 0.708. The summed E-state index contributed by atoms with van der Waals surface area (Å²) >= 11 is 0. The molecule has 0 aromatic heterocycles. The quantitative estimate of drug-likeness (QED) is 0.606. The highest BCUT2D eigenvalue weighted by atomic mass is 14.1. The van der Waals surface area contributed by atoms with Gasteiger partial charge < -0.3 is 0 Å². The molecule has 0 saturated heterocycles. The molecule has 0 spiro atoms. The van der Waals surface area contributed by atoms with Crippen molar-refractivity contribution in [1.82, 2.24) is 0 Å². The molecule has 1 aliphatic carbocycles. The predicted octanol–water partition coefficient (Wildman–Crippen LogP) is 1.85. The van der Waals surface area contributed by atoms with Crippen LogP contribution < -0.4 is 10.4 Å². The Balaban J connectivity index is 2.62. The molecule has 0 N–H and O–H groups in total. The van der Waals surface area contributed by atoms with Crippen LogP contribution in [-0.2, 0) is 6.42 Å². The summed E-state index contributed by atoms with van der Waals surface area (Å²) in [5.74, 6) is 0.708. The summed E-state index contributed by atoms with van der Waals surface area (Å²) in [6.07, 6.45) is 7.06. The van der Waals surface area contributed by atoms with Crippen molar-refractivity contribution in [2.75, 3.05) is 0 Å². The van der Waals surface area contributed by atoms with E-state index in [0.717, 1.165) is 6.42 Å². The highest BCUT2D eigenvalue weighted by Gasteiger charge is 2.00. The Morgan fingerprint density at radius 3 is 2.92 bits per heavy atom. The monoisotopic (exact) mass is 172 g/mol. The Bertz CT molecular complexity index is 412. The van der Waals surface area contributed by atoms with E-state index in [-0.39, 0.29) is 0 Å². The Morgan fingerprint density at radius 2 is 2.15 bits per heavy atom. The zero-order chi connectivity index (χ0) is 9.26. The fourth-order valence-electron chi connectivity index (χ4n) is 1.86. The SMILES string of the molecule is CCc1ccc2c(c1)=CC(C)CC=2. The van der Waals surface area contributed by atoms with Gasteiger partial charge in [-0.1, -0.05) is 44.2 Å². The van der Waals surface area contributed by atoms with Gasteiger partial charge in [-0.25, -0.2) is 0 Å². The van der Waals surface area contributed by atoms with E-state index in [1.54, 1.807) is 0 Å². The van der Waals surface area contributed by atoms with E-state index in [1.807, 2.05) is 0 Å². The van der Waals surface area contributed by atoms with Gasteiger partial charge in [0.2, 0.25) is 0 Å². The summed E-state index contributed by atoms with van der Waals surface area (Å²) in [5, 5.41) is 2.84. The first kappa shape index (κ1) is 8.55. The molecule has 0 bridgehead atoms. The van der Waals surface area contributed by atoms with Gasteiger partial charge in [0, 0.05) is 0 Å². The maximum absolute atomic E-state index is 2.38. The summed E-state index contributed by atoms with van der Waals surface area (Å²) < 4.78 is 0. The summed E-state index contributed by atoms with van der Waals surface area (Å²) in [4.78, 5) is 0. The molecular weight excluding hydrogens is 156 g/mol. The molecule has 0 fully saturated rings. The smallest absolute Gasteiger partial charge is 0.0218 e. The number of fused-ring (bicyclic) bond motifs is 1. The van der Waals surface area contributed by atoms with Crippen LogP contribution in [0.5, 0.6) is 0 Å². The molecule has 0 heteroatoms. The number of hydrogen-bond acceptors (Lipinski definition) is 0. The summed E-state index contributed by atoms with van der Waals surface area (Å²) in [6, 6.07) is 6.80. The Labute approximate surface area is 79.6 Å². The molecule has 2 rings (SSSR count). The van der Waals surface area contributed by atoms with E-state index in [0.29, 0.717) is 5.92 Å². The van der Waals surface area contributed by atoms with Crippen molar-refractivity contribution in [2.45, 2.75) is 26.7 Å². The van der Waals surface area contributed by atoms with Gasteiger partial charge in [0.25, 0.3) is 0 Å². The maximum Gasteiger partial charge on any atom is -0.0218 e. The van der Waals surface area contributed by atoms with Crippen LogP contribution in [-0.4, -0.2) is 0 Å². The molecule has 0 heterocycles. The highest BCUT2D eigenvalue weighted by molar-refractivity contribution is 5.41. The van der Waals surface area contributed by atoms with Gasteiger partial charge in [0.05, 0.1) is 0 Å². The van der Waals surface area contributed by atoms with Crippen molar-refractivity contribution in [3.63, 3.8) is 0 Å². The maximum atomic E-state index is 2.38. The van der Waals surface area contributed by atoms with Gasteiger partial charge in [-0.3, -0.25) is 0 Å². The van der Waals surface area contributed by atoms with E-state index in [2.05, 4.69) is 44.2 Å². The predicted molar refractivity (Wildman–Crippen MR) is 57.8 cm³/mol. The fraction of sp³-hybridized carbons (Fsp3) is 0.385. The van der Waals surface area contributed by atoms with Crippen LogP contribution in [0.3, 0.4) is 0 Å². The third kappa shape index (κ3) is 1.67. The molecule has 0 amide bonds. The van der Waals surface area contributed by atoms with Gasteiger partial charge in [-0.05, 0) is 34.8 Å². The highest BCUT2D eigenvalue weighted by Crippen LogP contribution is 2.06. The third-order valence-electron chi connectivity index (χ3n) is 2.73. The first-order valence-electron chi connectivity index (χ1n) is 5.10. The molecule has 1 aliphatic rings. The van der Waals surface area contributed by atoms with Crippen molar-refractivity contribution in [2.24, 2.45) is 5.92 Å². The van der Waals surface area contributed by atoms with Crippen molar-refractivity contribution in [3.8, 4) is 0 Å². The van der Waals surface area contributed by atoms with Crippen LogP contribution in [0, 0.1) is 5.92 Å². The zero-order valence-electron chi connectivity index (χ0n) is 8.38. The second-order valence-corrected chi connectivity index (χ2v) is 3.90. The first-order valence-corrected chi connectivity index (χ1v) is 5.10. The molecule has 1 aromatic carbocycles. The average molecular weight is 172 g/mol. The lowest BCUT2D eigenvalue weighted by Crippen LogP contribution is -2.28. The van der Waals surface area contributed by atoms with Crippen LogP contribution in [0.1, 0.15) is 25.8 Å². The topological polar surface area (TPSA) is 0 Å². The molecule has 68 valence electrons. The van der Waals surface area contributed by atoms with Crippen molar-refractivity contribution < 1.29 is 0 Å². The van der Waals surface area contributed by atoms with Gasteiger partial charge in [-0.15, -0.1) is 0 Å². The largest absolute Gasteiger partial charge is 0.0761 e. The van der Waals surface area contributed by atoms with Gasteiger partial charge in [0.1, 0.15) is 0 Å². The molecule has 0 radical (unpaired) electrons. The van der Waals surface area contributed by atoms with Crippen LogP contribution >= 0.6 is 0 Å². The standard InChI is InChI=1S/C13H16/c1-3-11-5-7-12-6-4-10(2)8-13(12)9-11/h5-10H,3-4H2,1-2H3. The zero-order valence-corrected chi connectivity index (χ0v) is 8.38. The first-order chi connectivity index (χ1) is 6.29. The fourth-order valence-corrected chi connectivity index (χ4v) is 1.86. The molecule has 1 aromatic rings. The molecule has 0 aliphatic heterocycles. The molecule has 1 unspecified atom stereocenters. The van der Waals surface area contributed by atoms with Gasteiger partial charge >= 0.3 is 0 Å². The minimum Gasteiger partial charge on any atom is -0.0761 e. The molecule has 0 saturated carbocycles. The van der Waals surface area contributed by atoms with E-state index in [9.17, 15) is 0 Å². The van der Waals surface area contributed by atoms with E-state index in [4.69, 9.17) is 0 Å². The molecular formula is C13H16. The Hall–Kier alpha value is -1.04. The normalized spacial score (nSPS) is 20.0. The summed E-state index contributed by atoms with van der Waals surface area (Å²) in [6.45, 7) is 4.48. The van der Waals surface area contributed by atoms with Gasteiger partial charge in [0.15, 0.2) is 0 Å². The minimum atomic E-state index is 0.708. The van der Waals surface area contributed by atoms with Crippen LogP contribution in [0.25, 0.3) is 12.2 Å². The third-order valence-corrected chi connectivity index (χ3v) is 2.73. The summed E-state index contributed by atoms with van der Waals surface area (Å²) in [7, 11) is 0. The molecule has 0 nitrogen and oxygen atoms in total. The van der Waals surface area contributed by atoms with E-state index >= 15 is 0 Å². The average Bonchev–Trinajstić information content (AvgIpc) is 2.16. The van der Waals surface area contributed by atoms with Crippen molar-refractivity contribution >= 4 is 12.2 Å². The number of hydrogen-bond donors (Lipinski definition) is 0. The Morgan fingerprint density at radius 1 is 1.31 bits per heavy atom. The van der Waals surface area contributed by atoms with Gasteiger partial charge in [-0.2, -0.15) is 0 Å². The number of rotatable bonds is 1. The lowest BCUT2D eigenvalue weighted by Gasteiger charge is -2.08. The van der Waals surface area contributed by atoms with Crippen LogP contribution in [0.2, 0.25) is 0 Å². The summed E-state index contributed by atoms with van der Waals surface area (Å²) in [5.41, 5.74) is 1.44. The van der Waals surface area contributed by atoms with E-state index in [1.165, 1.54) is 22.4 Å². The molecule has 13 heavy (non-hydrogen) atoms. The van der Waals surface area contributed by atoms with Crippen molar-refractivity contribution in [1.29, 1.82) is 0 Å². The van der Waals surface area contributed by atoms with Crippen LogP contribution in [0.4, 0.5) is 0 Å². The second kappa shape index (κ2) is 3.37. The second-order valence-electron chi connectivity index (χ2n) is 3.90. The lowest BCUT2D eigenvalue weighted by atomic mass is 9.98. The van der Waals surface area contributed by atoms with Crippen LogP contribution in [0.15, 0.2) is 18.2 Å².